The predicted octanol–water partition coefficient (Wildman–Crippen LogP) is 2.03. The molecule has 1 aliphatic carbocycles. The Balaban J connectivity index is 2.10. The van der Waals surface area contributed by atoms with Crippen LogP contribution in [0, 0.1) is 23.5 Å². The lowest BCUT2D eigenvalue weighted by Gasteiger charge is -2.21. The van der Waals surface area contributed by atoms with Crippen LogP contribution in [-0.2, 0) is 16.1 Å². The number of benzene rings is 1. The van der Waals surface area contributed by atoms with Gasteiger partial charge in [0.2, 0.25) is 5.91 Å². The van der Waals surface area contributed by atoms with Gasteiger partial charge in [0.15, 0.2) is 0 Å². The summed E-state index contributed by atoms with van der Waals surface area (Å²) >= 11 is 0. The Bertz CT molecular complexity index is 527. The van der Waals surface area contributed by atoms with Gasteiger partial charge in [-0.25, -0.2) is 8.78 Å². The Morgan fingerprint density at radius 1 is 1.30 bits per heavy atom. The van der Waals surface area contributed by atoms with Crippen molar-refractivity contribution >= 4 is 11.9 Å². The van der Waals surface area contributed by atoms with E-state index < -0.39 is 29.4 Å². The number of halogens is 2. The minimum Gasteiger partial charge on any atom is -0.481 e. The Hall–Kier alpha value is -1.98. The van der Waals surface area contributed by atoms with Gasteiger partial charge < -0.3 is 10.0 Å². The summed E-state index contributed by atoms with van der Waals surface area (Å²) in [6.07, 6.45) is 0.296. The topological polar surface area (TPSA) is 57.6 Å². The zero-order valence-corrected chi connectivity index (χ0v) is 11.0. The number of rotatable bonds is 5. The molecule has 2 rings (SSSR count). The van der Waals surface area contributed by atoms with E-state index in [4.69, 9.17) is 5.11 Å². The summed E-state index contributed by atoms with van der Waals surface area (Å²) in [6, 6.07) is 3.52. The summed E-state index contributed by atoms with van der Waals surface area (Å²) in [5.41, 5.74) is -0.171. The second kappa shape index (κ2) is 5.56. The summed E-state index contributed by atoms with van der Waals surface area (Å²) in [6.45, 7) is 1.78. The molecule has 1 aliphatic rings. The maximum atomic E-state index is 13.6. The molecule has 1 aromatic rings. The van der Waals surface area contributed by atoms with Crippen LogP contribution in [0.15, 0.2) is 18.2 Å². The maximum Gasteiger partial charge on any atom is 0.307 e. The van der Waals surface area contributed by atoms with Crippen LogP contribution in [0.4, 0.5) is 8.78 Å². The SMILES string of the molecule is CCN(Cc1c(F)cccc1F)C(=O)[C@H]1C[C@@H]1C(=O)O. The maximum absolute atomic E-state index is 13.6. The molecule has 0 heterocycles. The summed E-state index contributed by atoms with van der Waals surface area (Å²) < 4.78 is 27.1. The zero-order chi connectivity index (χ0) is 14.9. The quantitative estimate of drug-likeness (QED) is 0.899. The molecule has 0 spiro atoms. The average molecular weight is 283 g/mol. The highest BCUT2D eigenvalue weighted by Crippen LogP contribution is 2.40. The fraction of sp³-hybridized carbons (Fsp3) is 0.429. The fourth-order valence-electron chi connectivity index (χ4n) is 2.20. The Kier molecular flexibility index (Phi) is 4.01. The molecular formula is C14H15F2NO3. The van der Waals surface area contributed by atoms with Gasteiger partial charge >= 0.3 is 5.97 Å². The molecule has 0 bridgehead atoms. The van der Waals surface area contributed by atoms with Gasteiger partial charge in [-0.15, -0.1) is 0 Å². The number of hydrogen-bond acceptors (Lipinski definition) is 2. The van der Waals surface area contributed by atoms with E-state index in [9.17, 15) is 18.4 Å². The lowest BCUT2D eigenvalue weighted by molar-refractivity contribution is -0.142. The highest BCUT2D eigenvalue weighted by Gasteiger charge is 2.49. The molecule has 1 fully saturated rings. The Labute approximate surface area is 115 Å². The van der Waals surface area contributed by atoms with Crippen LogP contribution in [0.3, 0.4) is 0 Å². The van der Waals surface area contributed by atoms with Crippen LogP contribution in [0.2, 0.25) is 0 Å². The van der Waals surface area contributed by atoms with Crippen molar-refractivity contribution in [2.24, 2.45) is 11.8 Å². The van der Waals surface area contributed by atoms with E-state index in [1.54, 1.807) is 6.92 Å². The third-order valence-electron chi connectivity index (χ3n) is 3.53. The number of nitrogens with zero attached hydrogens (tertiary/aromatic N) is 1. The first-order chi connectivity index (χ1) is 9.45. The Morgan fingerprint density at radius 2 is 1.90 bits per heavy atom. The second-order valence-corrected chi connectivity index (χ2v) is 4.84. The van der Waals surface area contributed by atoms with Crippen molar-refractivity contribution in [3.63, 3.8) is 0 Å². The molecular weight excluding hydrogens is 268 g/mol. The third-order valence-corrected chi connectivity index (χ3v) is 3.53. The fourth-order valence-corrected chi connectivity index (χ4v) is 2.20. The van der Waals surface area contributed by atoms with E-state index >= 15 is 0 Å². The van der Waals surface area contributed by atoms with Crippen LogP contribution in [0.25, 0.3) is 0 Å². The molecule has 1 amide bonds. The molecule has 0 unspecified atom stereocenters. The van der Waals surface area contributed by atoms with Crippen molar-refractivity contribution in [1.82, 2.24) is 4.90 Å². The van der Waals surface area contributed by atoms with Gasteiger partial charge in [0, 0.05) is 12.1 Å². The normalized spacial score (nSPS) is 20.6. The average Bonchev–Trinajstić information content (AvgIpc) is 3.18. The third kappa shape index (κ3) is 2.79. The highest BCUT2D eigenvalue weighted by molar-refractivity contribution is 5.89. The van der Waals surface area contributed by atoms with Crippen molar-refractivity contribution in [3.05, 3.63) is 35.4 Å². The summed E-state index contributed by atoms with van der Waals surface area (Å²) in [4.78, 5) is 24.1. The number of carbonyl (C=O) groups excluding carboxylic acids is 1. The van der Waals surface area contributed by atoms with Gasteiger partial charge in [-0.3, -0.25) is 9.59 Å². The van der Waals surface area contributed by atoms with Gasteiger partial charge in [0.05, 0.1) is 18.4 Å². The lowest BCUT2D eigenvalue weighted by atomic mass is 10.1. The van der Waals surface area contributed by atoms with Gasteiger partial charge in [0.25, 0.3) is 0 Å². The molecule has 0 aromatic heterocycles. The number of carbonyl (C=O) groups is 2. The standard InChI is InChI=1S/C14H15F2NO3/c1-2-17(13(18)8-6-9(8)14(19)20)7-10-11(15)4-3-5-12(10)16/h3-5,8-9H,2,6-7H2,1H3,(H,19,20)/t8-,9-/m0/s1. The number of carboxylic acid groups (broad SMARTS) is 1. The minimum atomic E-state index is -1.00. The van der Waals surface area contributed by atoms with Gasteiger partial charge in [-0.2, -0.15) is 0 Å². The predicted molar refractivity (Wildman–Crippen MR) is 66.7 cm³/mol. The number of hydrogen-bond donors (Lipinski definition) is 1. The van der Waals surface area contributed by atoms with E-state index in [2.05, 4.69) is 0 Å². The van der Waals surface area contributed by atoms with E-state index in [1.165, 1.54) is 11.0 Å². The largest absolute Gasteiger partial charge is 0.481 e. The van der Waals surface area contributed by atoms with E-state index in [0.717, 1.165) is 12.1 Å². The molecule has 1 aromatic carbocycles. The first-order valence-electron chi connectivity index (χ1n) is 6.40. The number of amides is 1. The summed E-state index contributed by atoms with van der Waals surface area (Å²) in [5.74, 6) is -4.01. The molecule has 0 radical (unpaired) electrons. The first-order valence-corrected chi connectivity index (χ1v) is 6.40. The minimum absolute atomic E-state index is 0.171. The van der Waals surface area contributed by atoms with E-state index in [-0.39, 0.29) is 24.6 Å². The molecule has 0 saturated heterocycles. The monoisotopic (exact) mass is 283 g/mol. The van der Waals surface area contributed by atoms with Crippen molar-refractivity contribution in [2.75, 3.05) is 6.54 Å². The van der Waals surface area contributed by atoms with Crippen LogP contribution in [-0.4, -0.2) is 28.4 Å². The van der Waals surface area contributed by atoms with Crippen molar-refractivity contribution < 1.29 is 23.5 Å². The van der Waals surface area contributed by atoms with Crippen LogP contribution >= 0.6 is 0 Å². The summed E-state index contributed by atoms with van der Waals surface area (Å²) in [7, 11) is 0. The van der Waals surface area contributed by atoms with Gasteiger partial charge in [0.1, 0.15) is 11.6 Å². The summed E-state index contributed by atoms with van der Waals surface area (Å²) in [5, 5.41) is 8.81. The number of aliphatic carboxylic acids is 1. The molecule has 6 heteroatoms. The van der Waals surface area contributed by atoms with Crippen molar-refractivity contribution in [3.8, 4) is 0 Å². The molecule has 2 atom stereocenters. The smallest absolute Gasteiger partial charge is 0.307 e. The van der Waals surface area contributed by atoms with Crippen LogP contribution in [0.5, 0.6) is 0 Å². The second-order valence-electron chi connectivity index (χ2n) is 4.84. The van der Waals surface area contributed by atoms with E-state index in [1.807, 2.05) is 0 Å². The molecule has 108 valence electrons. The first kappa shape index (κ1) is 14.4. The van der Waals surface area contributed by atoms with Crippen molar-refractivity contribution in [2.45, 2.75) is 19.9 Å². The molecule has 0 aliphatic heterocycles. The van der Waals surface area contributed by atoms with Crippen LogP contribution in [0.1, 0.15) is 18.9 Å². The molecule has 20 heavy (non-hydrogen) atoms. The lowest BCUT2D eigenvalue weighted by Crippen LogP contribution is -2.33. The molecule has 1 N–H and O–H groups in total. The highest BCUT2D eigenvalue weighted by atomic mass is 19.1. The zero-order valence-electron chi connectivity index (χ0n) is 11.0. The van der Waals surface area contributed by atoms with Gasteiger partial charge in [-0.05, 0) is 25.5 Å². The van der Waals surface area contributed by atoms with Crippen LogP contribution < -0.4 is 0 Å². The Morgan fingerprint density at radius 3 is 2.35 bits per heavy atom. The number of carboxylic acids is 1. The molecule has 1 saturated carbocycles. The van der Waals surface area contributed by atoms with Gasteiger partial charge in [-0.1, -0.05) is 6.07 Å². The van der Waals surface area contributed by atoms with Crippen molar-refractivity contribution in [1.29, 1.82) is 0 Å². The van der Waals surface area contributed by atoms with E-state index in [0.29, 0.717) is 6.42 Å². The molecule has 4 nitrogen and oxygen atoms in total.